The third-order valence-electron chi connectivity index (χ3n) is 2.06. The van der Waals surface area contributed by atoms with Crippen LogP contribution in [0.5, 0.6) is 5.75 Å². The van der Waals surface area contributed by atoms with Crippen molar-refractivity contribution in [1.29, 1.82) is 0 Å². The molecule has 1 rings (SSSR count). The van der Waals surface area contributed by atoms with Crippen LogP contribution in [0.15, 0.2) is 16.6 Å². The molecule has 0 bridgehead atoms. The fourth-order valence-corrected chi connectivity index (χ4v) is 1.93. The number of hydrogen-bond acceptors (Lipinski definition) is 2. The second-order valence-corrected chi connectivity index (χ2v) is 3.89. The van der Waals surface area contributed by atoms with Gasteiger partial charge in [-0.15, -0.1) is 0 Å². The standard InChI is InChI=1S/C11H13BrO3/c1-3-7-5-10(15-4-2)8(11(13)14)6-9(7)12/h5-6H,3-4H2,1-2H3,(H,13,14). The van der Waals surface area contributed by atoms with Crippen molar-refractivity contribution >= 4 is 21.9 Å². The van der Waals surface area contributed by atoms with Crippen molar-refractivity contribution in [3.63, 3.8) is 0 Å². The van der Waals surface area contributed by atoms with E-state index in [1.165, 1.54) is 0 Å². The Morgan fingerprint density at radius 2 is 2.13 bits per heavy atom. The molecule has 15 heavy (non-hydrogen) atoms. The Kier molecular flexibility index (Phi) is 4.15. The first-order valence-electron chi connectivity index (χ1n) is 4.78. The zero-order valence-corrected chi connectivity index (χ0v) is 10.3. The molecule has 0 radical (unpaired) electrons. The lowest BCUT2D eigenvalue weighted by Gasteiger charge is -2.10. The van der Waals surface area contributed by atoms with Crippen LogP contribution in [0.1, 0.15) is 29.8 Å². The molecule has 0 saturated carbocycles. The van der Waals surface area contributed by atoms with E-state index < -0.39 is 5.97 Å². The number of ether oxygens (including phenoxy) is 1. The minimum absolute atomic E-state index is 0.195. The summed E-state index contributed by atoms with van der Waals surface area (Å²) < 4.78 is 6.11. The SMILES string of the molecule is CCOc1cc(CC)c(Br)cc1C(=O)O. The predicted octanol–water partition coefficient (Wildman–Crippen LogP) is 3.11. The molecule has 0 aliphatic heterocycles. The second-order valence-electron chi connectivity index (χ2n) is 3.03. The Hall–Kier alpha value is -1.03. The number of carboxylic acid groups (broad SMARTS) is 1. The molecule has 0 unspecified atom stereocenters. The van der Waals surface area contributed by atoms with Gasteiger partial charge < -0.3 is 9.84 Å². The normalized spacial score (nSPS) is 10.1. The average molecular weight is 273 g/mol. The minimum atomic E-state index is -0.971. The van der Waals surface area contributed by atoms with Crippen LogP contribution in [-0.4, -0.2) is 17.7 Å². The van der Waals surface area contributed by atoms with Crippen LogP contribution in [0.3, 0.4) is 0 Å². The molecule has 0 atom stereocenters. The highest BCUT2D eigenvalue weighted by Crippen LogP contribution is 2.28. The average Bonchev–Trinajstić information content (AvgIpc) is 2.20. The molecule has 0 aromatic heterocycles. The number of halogens is 1. The number of carboxylic acids is 1. The van der Waals surface area contributed by atoms with Crippen LogP contribution in [0.2, 0.25) is 0 Å². The van der Waals surface area contributed by atoms with Crippen LogP contribution < -0.4 is 4.74 Å². The van der Waals surface area contributed by atoms with E-state index in [1.807, 2.05) is 13.8 Å². The van der Waals surface area contributed by atoms with E-state index in [0.717, 1.165) is 16.5 Å². The molecule has 4 heteroatoms. The fraction of sp³-hybridized carbons (Fsp3) is 0.364. The van der Waals surface area contributed by atoms with Crippen molar-refractivity contribution in [2.45, 2.75) is 20.3 Å². The van der Waals surface area contributed by atoms with Gasteiger partial charge >= 0.3 is 5.97 Å². The Bertz CT molecular complexity index is 374. The first-order chi connectivity index (χ1) is 7.10. The topological polar surface area (TPSA) is 46.5 Å². The Morgan fingerprint density at radius 1 is 1.47 bits per heavy atom. The van der Waals surface area contributed by atoms with Gasteiger partial charge in [0.25, 0.3) is 0 Å². The van der Waals surface area contributed by atoms with Crippen molar-refractivity contribution in [2.24, 2.45) is 0 Å². The molecule has 0 aliphatic carbocycles. The first-order valence-corrected chi connectivity index (χ1v) is 5.57. The molecule has 1 aromatic rings. The van der Waals surface area contributed by atoms with Gasteiger partial charge in [0.1, 0.15) is 11.3 Å². The summed E-state index contributed by atoms with van der Waals surface area (Å²) in [7, 11) is 0. The highest BCUT2D eigenvalue weighted by molar-refractivity contribution is 9.10. The van der Waals surface area contributed by atoms with E-state index in [0.29, 0.717) is 12.4 Å². The van der Waals surface area contributed by atoms with Gasteiger partial charge in [-0.05, 0) is 31.0 Å². The Labute approximate surface area is 97.2 Å². The van der Waals surface area contributed by atoms with Crippen LogP contribution in [-0.2, 0) is 6.42 Å². The highest BCUT2D eigenvalue weighted by Gasteiger charge is 2.14. The summed E-state index contributed by atoms with van der Waals surface area (Å²) in [5, 5.41) is 8.98. The number of benzene rings is 1. The van der Waals surface area contributed by atoms with Gasteiger partial charge in [-0.25, -0.2) is 4.79 Å². The third kappa shape index (κ3) is 2.72. The lowest BCUT2D eigenvalue weighted by Crippen LogP contribution is -2.04. The number of carbonyl (C=O) groups is 1. The van der Waals surface area contributed by atoms with Gasteiger partial charge in [0.05, 0.1) is 6.61 Å². The van der Waals surface area contributed by atoms with Crippen molar-refractivity contribution in [3.8, 4) is 5.75 Å². The minimum Gasteiger partial charge on any atom is -0.493 e. The maximum absolute atomic E-state index is 10.9. The summed E-state index contributed by atoms with van der Waals surface area (Å²) in [6.45, 7) is 4.31. The van der Waals surface area contributed by atoms with Crippen molar-refractivity contribution < 1.29 is 14.6 Å². The summed E-state index contributed by atoms with van der Waals surface area (Å²) in [4.78, 5) is 10.9. The first kappa shape index (κ1) is 12.0. The largest absolute Gasteiger partial charge is 0.493 e. The van der Waals surface area contributed by atoms with Crippen LogP contribution in [0, 0.1) is 0 Å². The summed E-state index contributed by atoms with van der Waals surface area (Å²) in [6, 6.07) is 3.36. The fourth-order valence-electron chi connectivity index (χ4n) is 1.31. The Balaban J connectivity index is 3.25. The molecule has 82 valence electrons. The van der Waals surface area contributed by atoms with Gasteiger partial charge in [0, 0.05) is 4.47 Å². The third-order valence-corrected chi connectivity index (χ3v) is 2.80. The van der Waals surface area contributed by atoms with E-state index in [2.05, 4.69) is 15.9 Å². The van der Waals surface area contributed by atoms with Gasteiger partial charge in [0.15, 0.2) is 0 Å². The number of aromatic carboxylic acids is 1. The van der Waals surface area contributed by atoms with Crippen molar-refractivity contribution in [3.05, 3.63) is 27.7 Å². The lowest BCUT2D eigenvalue weighted by molar-refractivity contribution is 0.0692. The van der Waals surface area contributed by atoms with E-state index in [4.69, 9.17) is 9.84 Å². The van der Waals surface area contributed by atoms with Crippen molar-refractivity contribution in [2.75, 3.05) is 6.61 Å². The number of aryl methyl sites for hydroxylation is 1. The van der Waals surface area contributed by atoms with E-state index in [1.54, 1.807) is 12.1 Å². The quantitative estimate of drug-likeness (QED) is 0.916. The molecule has 0 heterocycles. The summed E-state index contributed by atoms with van der Waals surface area (Å²) in [5.41, 5.74) is 1.24. The molecule has 0 fully saturated rings. The molecule has 0 spiro atoms. The van der Waals surface area contributed by atoms with E-state index in [-0.39, 0.29) is 5.56 Å². The van der Waals surface area contributed by atoms with Gasteiger partial charge in [0.2, 0.25) is 0 Å². The number of hydrogen-bond donors (Lipinski definition) is 1. The summed E-state index contributed by atoms with van der Waals surface area (Å²) >= 11 is 3.34. The molecule has 1 N–H and O–H groups in total. The van der Waals surface area contributed by atoms with Crippen LogP contribution >= 0.6 is 15.9 Å². The van der Waals surface area contributed by atoms with E-state index >= 15 is 0 Å². The molecular weight excluding hydrogens is 260 g/mol. The number of rotatable bonds is 4. The lowest BCUT2D eigenvalue weighted by atomic mass is 10.1. The molecule has 0 saturated heterocycles. The highest BCUT2D eigenvalue weighted by atomic mass is 79.9. The predicted molar refractivity (Wildman–Crippen MR) is 61.6 cm³/mol. The monoisotopic (exact) mass is 272 g/mol. The van der Waals surface area contributed by atoms with Crippen LogP contribution in [0.4, 0.5) is 0 Å². The van der Waals surface area contributed by atoms with Gasteiger partial charge in [-0.1, -0.05) is 22.9 Å². The molecule has 1 aromatic carbocycles. The molecule has 3 nitrogen and oxygen atoms in total. The van der Waals surface area contributed by atoms with Crippen LogP contribution in [0.25, 0.3) is 0 Å². The van der Waals surface area contributed by atoms with Gasteiger partial charge in [-0.3, -0.25) is 0 Å². The summed E-state index contributed by atoms with van der Waals surface area (Å²) in [6.07, 6.45) is 0.834. The molecular formula is C11H13BrO3. The van der Waals surface area contributed by atoms with E-state index in [9.17, 15) is 4.79 Å². The van der Waals surface area contributed by atoms with Gasteiger partial charge in [-0.2, -0.15) is 0 Å². The molecule has 0 amide bonds. The maximum atomic E-state index is 10.9. The zero-order chi connectivity index (χ0) is 11.4. The summed E-state index contributed by atoms with van der Waals surface area (Å²) in [5.74, 6) is -0.535. The molecule has 0 aliphatic rings. The zero-order valence-electron chi connectivity index (χ0n) is 8.71. The Morgan fingerprint density at radius 3 is 2.60 bits per heavy atom. The maximum Gasteiger partial charge on any atom is 0.339 e. The second kappa shape index (κ2) is 5.16. The van der Waals surface area contributed by atoms with Crippen molar-refractivity contribution in [1.82, 2.24) is 0 Å². The smallest absolute Gasteiger partial charge is 0.339 e.